The number of aromatic nitrogens is 1. The number of alkyl halides is 1. The Labute approximate surface area is 100 Å². The molecule has 1 aromatic carbocycles. The minimum absolute atomic E-state index is 0.519. The van der Waals surface area contributed by atoms with Crippen LogP contribution in [0.3, 0.4) is 0 Å². The van der Waals surface area contributed by atoms with Gasteiger partial charge in [0, 0.05) is 17.8 Å². The number of hydrogen-bond donors (Lipinski definition) is 1. The highest BCUT2D eigenvalue weighted by atomic mass is 35.5. The average Bonchev–Trinajstić information content (AvgIpc) is 2.38. The molecule has 0 bridgehead atoms. The fourth-order valence-corrected chi connectivity index (χ4v) is 1.73. The van der Waals surface area contributed by atoms with Crippen molar-refractivity contribution in [3.8, 4) is 0 Å². The molecule has 1 aromatic heterocycles. The molecule has 1 heterocycles. The first-order chi connectivity index (χ1) is 7.90. The van der Waals surface area contributed by atoms with E-state index in [1.165, 1.54) is 0 Å². The van der Waals surface area contributed by atoms with Crippen molar-refractivity contribution in [2.75, 3.05) is 5.32 Å². The van der Waals surface area contributed by atoms with Crippen LogP contribution in [0, 0.1) is 0 Å². The molecule has 2 rings (SSSR count). The Morgan fingerprint density at radius 2 is 1.88 bits per heavy atom. The molecule has 0 amide bonds. The molecule has 0 unspecified atom stereocenters. The first kappa shape index (κ1) is 11.0. The van der Waals surface area contributed by atoms with Gasteiger partial charge in [-0.25, -0.2) is 0 Å². The van der Waals surface area contributed by atoms with Crippen LogP contribution in [0.2, 0.25) is 0 Å². The average molecular weight is 233 g/mol. The highest BCUT2D eigenvalue weighted by Crippen LogP contribution is 2.17. The van der Waals surface area contributed by atoms with Gasteiger partial charge in [-0.2, -0.15) is 0 Å². The fourth-order valence-electron chi connectivity index (χ4n) is 1.50. The van der Waals surface area contributed by atoms with Gasteiger partial charge in [-0.1, -0.05) is 24.3 Å². The van der Waals surface area contributed by atoms with E-state index in [-0.39, 0.29) is 0 Å². The van der Waals surface area contributed by atoms with Crippen LogP contribution in [0.1, 0.15) is 11.3 Å². The SMILES string of the molecule is ClCc1ccccc1NCc1ccccn1. The molecule has 0 saturated carbocycles. The van der Waals surface area contributed by atoms with E-state index in [0.717, 1.165) is 23.5 Å². The second-order valence-corrected chi connectivity index (χ2v) is 3.73. The molecule has 0 aliphatic carbocycles. The van der Waals surface area contributed by atoms with E-state index < -0.39 is 0 Å². The molecular weight excluding hydrogens is 220 g/mol. The molecule has 0 aliphatic heterocycles. The third kappa shape index (κ3) is 2.74. The minimum Gasteiger partial charge on any atom is -0.379 e. The summed E-state index contributed by atoms with van der Waals surface area (Å²) in [6.45, 7) is 0.717. The topological polar surface area (TPSA) is 24.9 Å². The standard InChI is InChI=1S/C13H13ClN2/c14-9-11-5-1-2-7-13(11)16-10-12-6-3-4-8-15-12/h1-8,16H,9-10H2. The molecule has 0 radical (unpaired) electrons. The zero-order chi connectivity index (χ0) is 11.2. The number of halogens is 1. The van der Waals surface area contributed by atoms with Gasteiger partial charge < -0.3 is 5.32 Å². The molecule has 0 atom stereocenters. The van der Waals surface area contributed by atoms with E-state index in [4.69, 9.17) is 11.6 Å². The van der Waals surface area contributed by atoms with Crippen molar-refractivity contribution in [1.29, 1.82) is 0 Å². The van der Waals surface area contributed by atoms with Gasteiger partial charge >= 0.3 is 0 Å². The summed E-state index contributed by atoms with van der Waals surface area (Å²) in [5.74, 6) is 0.519. The lowest BCUT2D eigenvalue weighted by Gasteiger charge is -2.09. The molecule has 16 heavy (non-hydrogen) atoms. The second kappa shape index (κ2) is 5.52. The van der Waals surface area contributed by atoms with Crippen molar-refractivity contribution in [1.82, 2.24) is 4.98 Å². The number of rotatable bonds is 4. The summed E-state index contributed by atoms with van der Waals surface area (Å²) >= 11 is 5.86. The van der Waals surface area contributed by atoms with Crippen LogP contribution in [0.4, 0.5) is 5.69 Å². The number of benzene rings is 1. The van der Waals surface area contributed by atoms with Gasteiger partial charge in [0.05, 0.1) is 12.2 Å². The molecule has 2 nitrogen and oxygen atoms in total. The predicted molar refractivity (Wildman–Crippen MR) is 67.6 cm³/mol. The maximum absolute atomic E-state index is 5.86. The lowest BCUT2D eigenvalue weighted by atomic mass is 10.2. The molecule has 1 N–H and O–H groups in total. The van der Waals surface area contributed by atoms with E-state index in [1.54, 1.807) is 6.20 Å². The minimum atomic E-state index is 0.519. The van der Waals surface area contributed by atoms with E-state index in [9.17, 15) is 0 Å². The Balaban J connectivity index is 2.05. The van der Waals surface area contributed by atoms with Gasteiger partial charge in [-0.3, -0.25) is 4.98 Å². The Morgan fingerprint density at radius 1 is 1.06 bits per heavy atom. The summed E-state index contributed by atoms with van der Waals surface area (Å²) in [5, 5.41) is 3.33. The van der Waals surface area contributed by atoms with Crippen LogP contribution in [-0.4, -0.2) is 4.98 Å². The summed E-state index contributed by atoms with van der Waals surface area (Å²) in [6, 6.07) is 13.9. The van der Waals surface area contributed by atoms with Crippen molar-refractivity contribution in [3.63, 3.8) is 0 Å². The Kier molecular flexibility index (Phi) is 3.78. The van der Waals surface area contributed by atoms with Gasteiger partial charge in [0.25, 0.3) is 0 Å². The van der Waals surface area contributed by atoms with Crippen molar-refractivity contribution < 1.29 is 0 Å². The van der Waals surface area contributed by atoms with Crippen LogP contribution in [0.5, 0.6) is 0 Å². The van der Waals surface area contributed by atoms with Crippen LogP contribution >= 0.6 is 11.6 Å². The molecule has 0 aliphatic rings. The maximum Gasteiger partial charge on any atom is 0.0594 e. The summed E-state index contributed by atoms with van der Waals surface area (Å²) < 4.78 is 0. The van der Waals surface area contributed by atoms with Crippen molar-refractivity contribution >= 4 is 17.3 Å². The fraction of sp³-hybridized carbons (Fsp3) is 0.154. The van der Waals surface area contributed by atoms with Gasteiger partial charge in [0.2, 0.25) is 0 Å². The third-order valence-corrected chi connectivity index (χ3v) is 2.64. The number of nitrogens with zero attached hydrogens (tertiary/aromatic N) is 1. The lowest BCUT2D eigenvalue weighted by molar-refractivity contribution is 1.04. The normalized spacial score (nSPS) is 10.1. The first-order valence-corrected chi connectivity index (χ1v) is 5.71. The smallest absolute Gasteiger partial charge is 0.0594 e. The number of anilines is 1. The van der Waals surface area contributed by atoms with Crippen molar-refractivity contribution in [2.24, 2.45) is 0 Å². The second-order valence-electron chi connectivity index (χ2n) is 3.47. The van der Waals surface area contributed by atoms with E-state index in [1.807, 2.05) is 42.5 Å². The zero-order valence-corrected chi connectivity index (χ0v) is 9.61. The molecule has 82 valence electrons. The summed E-state index contributed by atoms with van der Waals surface area (Å²) in [7, 11) is 0. The van der Waals surface area contributed by atoms with Crippen LogP contribution in [0.25, 0.3) is 0 Å². The van der Waals surface area contributed by atoms with E-state index in [0.29, 0.717) is 5.88 Å². The number of pyridine rings is 1. The molecule has 3 heteroatoms. The highest BCUT2D eigenvalue weighted by Gasteiger charge is 1.99. The maximum atomic E-state index is 5.86. The quantitative estimate of drug-likeness (QED) is 0.817. The van der Waals surface area contributed by atoms with Gasteiger partial charge in [0.1, 0.15) is 0 Å². The Hall–Kier alpha value is -1.54. The molecule has 2 aromatic rings. The predicted octanol–water partition coefficient (Wildman–Crippen LogP) is 3.43. The van der Waals surface area contributed by atoms with Crippen LogP contribution in [0.15, 0.2) is 48.7 Å². The van der Waals surface area contributed by atoms with Gasteiger partial charge in [-0.05, 0) is 23.8 Å². The summed E-state index contributed by atoms with van der Waals surface area (Å²) in [6.07, 6.45) is 1.80. The zero-order valence-electron chi connectivity index (χ0n) is 8.86. The summed E-state index contributed by atoms with van der Waals surface area (Å²) in [4.78, 5) is 4.25. The van der Waals surface area contributed by atoms with Crippen LogP contribution < -0.4 is 5.32 Å². The van der Waals surface area contributed by atoms with E-state index in [2.05, 4.69) is 10.3 Å². The van der Waals surface area contributed by atoms with Crippen molar-refractivity contribution in [3.05, 3.63) is 59.9 Å². The molecule has 0 fully saturated rings. The molecule has 0 saturated heterocycles. The molecular formula is C13H13ClN2. The Bertz CT molecular complexity index is 443. The van der Waals surface area contributed by atoms with Gasteiger partial charge in [0.15, 0.2) is 0 Å². The van der Waals surface area contributed by atoms with Gasteiger partial charge in [-0.15, -0.1) is 11.6 Å². The molecule has 0 spiro atoms. The number of hydrogen-bond acceptors (Lipinski definition) is 2. The van der Waals surface area contributed by atoms with Crippen LogP contribution in [-0.2, 0) is 12.4 Å². The van der Waals surface area contributed by atoms with Crippen molar-refractivity contribution in [2.45, 2.75) is 12.4 Å². The Morgan fingerprint density at radius 3 is 2.62 bits per heavy atom. The monoisotopic (exact) mass is 232 g/mol. The first-order valence-electron chi connectivity index (χ1n) is 5.18. The largest absolute Gasteiger partial charge is 0.379 e. The third-order valence-electron chi connectivity index (χ3n) is 2.35. The number of nitrogens with one attached hydrogen (secondary N) is 1. The van der Waals surface area contributed by atoms with E-state index >= 15 is 0 Å². The lowest BCUT2D eigenvalue weighted by Crippen LogP contribution is -2.02. The number of para-hydroxylation sites is 1. The highest BCUT2D eigenvalue weighted by molar-refractivity contribution is 6.17. The summed E-state index contributed by atoms with van der Waals surface area (Å²) in [5.41, 5.74) is 3.20.